The van der Waals surface area contributed by atoms with Crippen LogP contribution in [-0.2, 0) is 0 Å². The van der Waals surface area contributed by atoms with Crippen molar-refractivity contribution in [1.82, 2.24) is 14.5 Å². The van der Waals surface area contributed by atoms with E-state index in [1.54, 1.807) is 4.57 Å². The Bertz CT molecular complexity index is 615. The summed E-state index contributed by atoms with van der Waals surface area (Å²) in [5, 5.41) is 0. The first-order valence-electron chi connectivity index (χ1n) is 6.38. The molecule has 0 spiro atoms. The Kier molecular flexibility index (Phi) is 2.89. The summed E-state index contributed by atoms with van der Waals surface area (Å²) < 4.78 is 29.1. The molecule has 0 radical (unpaired) electrons. The van der Waals surface area contributed by atoms with E-state index in [0.717, 1.165) is 32.0 Å². The molecule has 102 valence electrons. The molecule has 2 aromatic rings. The van der Waals surface area contributed by atoms with E-state index in [9.17, 15) is 8.78 Å². The number of benzene rings is 1. The van der Waals surface area contributed by atoms with Crippen molar-refractivity contribution >= 4 is 17.0 Å². The van der Waals surface area contributed by atoms with Crippen LogP contribution in [0.1, 0.15) is 18.9 Å². The molecule has 3 rings (SSSR count). The second kappa shape index (κ2) is 4.45. The maximum Gasteiger partial charge on any atom is 0.201 e. The summed E-state index contributed by atoms with van der Waals surface area (Å²) in [5.74, 6) is -1.46. The van der Waals surface area contributed by atoms with E-state index in [1.807, 2.05) is 7.05 Å². The SMILES string of the molecule is CN1CCC(n2c(N)nc3ccc(F)c(F)c32)CC1. The Balaban J connectivity index is 2.12. The molecule has 0 bridgehead atoms. The quantitative estimate of drug-likeness (QED) is 0.860. The molecule has 1 saturated heterocycles. The Labute approximate surface area is 109 Å². The highest BCUT2D eigenvalue weighted by Crippen LogP contribution is 2.31. The maximum atomic E-state index is 14.0. The molecule has 0 unspecified atom stereocenters. The normalized spacial score (nSPS) is 18.3. The minimum atomic E-state index is -0.861. The van der Waals surface area contributed by atoms with Gasteiger partial charge in [0.1, 0.15) is 5.52 Å². The summed E-state index contributed by atoms with van der Waals surface area (Å²) >= 11 is 0. The Morgan fingerprint density at radius 2 is 1.95 bits per heavy atom. The number of halogens is 2. The fourth-order valence-electron chi connectivity index (χ4n) is 2.76. The number of rotatable bonds is 1. The smallest absolute Gasteiger partial charge is 0.201 e. The number of nitrogens with zero attached hydrogens (tertiary/aromatic N) is 3. The zero-order valence-electron chi connectivity index (χ0n) is 10.7. The van der Waals surface area contributed by atoms with E-state index >= 15 is 0 Å². The molecular weight excluding hydrogens is 250 g/mol. The van der Waals surface area contributed by atoms with E-state index in [0.29, 0.717) is 5.52 Å². The molecule has 1 aliphatic rings. The van der Waals surface area contributed by atoms with E-state index in [1.165, 1.54) is 6.07 Å². The van der Waals surface area contributed by atoms with Gasteiger partial charge in [0.15, 0.2) is 11.6 Å². The number of imidazole rings is 1. The molecule has 1 aromatic carbocycles. The van der Waals surface area contributed by atoms with Crippen LogP contribution in [0.25, 0.3) is 11.0 Å². The highest BCUT2D eigenvalue weighted by molar-refractivity contribution is 5.79. The van der Waals surface area contributed by atoms with Crippen LogP contribution in [0.3, 0.4) is 0 Å². The van der Waals surface area contributed by atoms with Crippen molar-refractivity contribution in [3.8, 4) is 0 Å². The molecule has 0 atom stereocenters. The molecule has 2 N–H and O–H groups in total. The third kappa shape index (κ3) is 1.96. The van der Waals surface area contributed by atoms with Crippen LogP contribution in [0.2, 0.25) is 0 Å². The molecule has 1 aromatic heterocycles. The molecule has 1 fully saturated rings. The molecule has 0 saturated carbocycles. The van der Waals surface area contributed by atoms with Crippen molar-refractivity contribution in [3.05, 3.63) is 23.8 Å². The number of aromatic nitrogens is 2. The lowest BCUT2D eigenvalue weighted by molar-refractivity contribution is 0.224. The van der Waals surface area contributed by atoms with Crippen molar-refractivity contribution in [1.29, 1.82) is 0 Å². The van der Waals surface area contributed by atoms with Gasteiger partial charge in [0, 0.05) is 6.04 Å². The van der Waals surface area contributed by atoms with Crippen LogP contribution in [0.4, 0.5) is 14.7 Å². The number of piperidine rings is 1. The fourth-order valence-corrected chi connectivity index (χ4v) is 2.76. The summed E-state index contributed by atoms with van der Waals surface area (Å²) in [6.07, 6.45) is 1.73. The lowest BCUT2D eigenvalue weighted by Crippen LogP contribution is -2.32. The number of hydrogen-bond acceptors (Lipinski definition) is 3. The predicted octanol–water partition coefficient (Wildman–Crippen LogP) is 2.16. The third-order valence-corrected chi connectivity index (χ3v) is 3.82. The number of nitrogens with two attached hydrogens (primary N) is 1. The summed E-state index contributed by atoms with van der Waals surface area (Å²) in [7, 11) is 2.05. The van der Waals surface area contributed by atoms with Gasteiger partial charge in [0.2, 0.25) is 5.95 Å². The highest BCUT2D eigenvalue weighted by Gasteiger charge is 2.24. The standard InChI is InChI=1S/C13H16F2N4/c1-18-6-4-8(5-7-18)19-12-10(17-13(19)16)3-2-9(14)11(12)15/h2-3,8H,4-7H2,1H3,(H2,16,17). The fraction of sp³-hybridized carbons (Fsp3) is 0.462. The molecule has 6 heteroatoms. The van der Waals surface area contributed by atoms with Crippen LogP contribution < -0.4 is 5.73 Å². The van der Waals surface area contributed by atoms with Gasteiger partial charge in [-0.15, -0.1) is 0 Å². The zero-order valence-corrected chi connectivity index (χ0v) is 10.7. The molecule has 4 nitrogen and oxygen atoms in total. The van der Waals surface area contributed by atoms with Gasteiger partial charge in [-0.3, -0.25) is 0 Å². The number of anilines is 1. The Morgan fingerprint density at radius 1 is 1.26 bits per heavy atom. The molecule has 0 amide bonds. The van der Waals surface area contributed by atoms with Crippen LogP contribution in [-0.4, -0.2) is 34.6 Å². The summed E-state index contributed by atoms with van der Waals surface area (Å²) in [4.78, 5) is 6.34. The van der Waals surface area contributed by atoms with Crippen molar-refractivity contribution in [2.24, 2.45) is 0 Å². The minimum Gasteiger partial charge on any atom is -0.369 e. The average molecular weight is 266 g/mol. The largest absolute Gasteiger partial charge is 0.369 e. The third-order valence-electron chi connectivity index (χ3n) is 3.82. The second-order valence-electron chi connectivity index (χ2n) is 5.10. The highest BCUT2D eigenvalue weighted by atomic mass is 19.2. The lowest BCUT2D eigenvalue weighted by atomic mass is 10.1. The van der Waals surface area contributed by atoms with Gasteiger partial charge in [0.25, 0.3) is 0 Å². The van der Waals surface area contributed by atoms with Crippen molar-refractivity contribution < 1.29 is 8.78 Å². The summed E-state index contributed by atoms with van der Waals surface area (Å²) in [6, 6.07) is 2.64. The lowest BCUT2D eigenvalue weighted by Gasteiger charge is -2.30. The van der Waals surface area contributed by atoms with Crippen molar-refractivity contribution in [3.63, 3.8) is 0 Å². The van der Waals surface area contributed by atoms with E-state index in [4.69, 9.17) is 5.73 Å². The average Bonchev–Trinajstić information content (AvgIpc) is 2.72. The van der Waals surface area contributed by atoms with Gasteiger partial charge in [-0.2, -0.15) is 0 Å². The summed E-state index contributed by atoms with van der Waals surface area (Å²) in [6.45, 7) is 1.83. The first kappa shape index (κ1) is 12.3. The van der Waals surface area contributed by atoms with Gasteiger partial charge in [-0.25, -0.2) is 13.8 Å². The Hall–Kier alpha value is -1.69. The number of nitrogen functional groups attached to an aromatic ring is 1. The topological polar surface area (TPSA) is 47.1 Å². The van der Waals surface area contributed by atoms with E-state index in [-0.39, 0.29) is 17.5 Å². The molecule has 1 aliphatic heterocycles. The summed E-state index contributed by atoms with van der Waals surface area (Å²) in [5.41, 5.74) is 6.49. The van der Waals surface area contributed by atoms with Crippen molar-refractivity contribution in [2.45, 2.75) is 18.9 Å². The van der Waals surface area contributed by atoms with Gasteiger partial charge in [-0.1, -0.05) is 0 Å². The van der Waals surface area contributed by atoms with Crippen LogP contribution in [0.15, 0.2) is 12.1 Å². The maximum absolute atomic E-state index is 14.0. The first-order valence-corrected chi connectivity index (χ1v) is 6.38. The second-order valence-corrected chi connectivity index (χ2v) is 5.10. The Morgan fingerprint density at radius 3 is 2.63 bits per heavy atom. The van der Waals surface area contributed by atoms with Gasteiger partial charge in [0.05, 0.1) is 5.52 Å². The van der Waals surface area contributed by atoms with Gasteiger partial charge in [-0.05, 0) is 45.1 Å². The number of fused-ring (bicyclic) bond motifs is 1. The number of hydrogen-bond donors (Lipinski definition) is 1. The first-order chi connectivity index (χ1) is 9.08. The van der Waals surface area contributed by atoms with Crippen LogP contribution >= 0.6 is 0 Å². The minimum absolute atomic E-state index is 0.0810. The van der Waals surface area contributed by atoms with Gasteiger partial charge < -0.3 is 15.2 Å². The van der Waals surface area contributed by atoms with Crippen molar-refractivity contribution in [2.75, 3.05) is 25.9 Å². The predicted molar refractivity (Wildman–Crippen MR) is 69.8 cm³/mol. The molecule has 19 heavy (non-hydrogen) atoms. The van der Waals surface area contributed by atoms with Crippen LogP contribution in [0.5, 0.6) is 0 Å². The monoisotopic (exact) mass is 266 g/mol. The molecule has 2 heterocycles. The van der Waals surface area contributed by atoms with E-state index in [2.05, 4.69) is 9.88 Å². The van der Waals surface area contributed by atoms with Gasteiger partial charge >= 0.3 is 0 Å². The van der Waals surface area contributed by atoms with Crippen LogP contribution in [0, 0.1) is 11.6 Å². The number of likely N-dealkylation sites (tertiary alicyclic amines) is 1. The van der Waals surface area contributed by atoms with E-state index < -0.39 is 11.6 Å². The zero-order chi connectivity index (χ0) is 13.6. The molecule has 0 aliphatic carbocycles. The molecular formula is C13H16F2N4.